The molecule has 0 bridgehead atoms. The van der Waals surface area contributed by atoms with Gasteiger partial charge in [0, 0.05) is 19.6 Å². The number of β-amino-alcohol motifs (C(OH)–C–C–N with tert-alkyl or cyclic N) is 1. The van der Waals surface area contributed by atoms with E-state index in [1.807, 2.05) is 6.07 Å². The number of rotatable bonds is 4. The molecule has 0 saturated carbocycles. The van der Waals surface area contributed by atoms with E-state index in [1.165, 1.54) is 5.56 Å². The summed E-state index contributed by atoms with van der Waals surface area (Å²) in [5.41, 5.74) is 1.30. The summed E-state index contributed by atoms with van der Waals surface area (Å²) in [6.45, 7) is 3.54. The van der Waals surface area contributed by atoms with Crippen molar-refractivity contribution in [1.29, 1.82) is 0 Å². The van der Waals surface area contributed by atoms with Gasteiger partial charge in [-0.15, -0.1) is 0 Å². The van der Waals surface area contributed by atoms with E-state index in [0.717, 1.165) is 32.6 Å². The molecule has 16 heavy (non-hydrogen) atoms. The lowest BCUT2D eigenvalue weighted by molar-refractivity contribution is 0.0813. The third kappa shape index (κ3) is 3.30. The summed E-state index contributed by atoms with van der Waals surface area (Å²) in [6.07, 6.45) is 0.861. The van der Waals surface area contributed by atoms with Gasteiger partial charge < -0.3 is 15.7 Å². The highest BCUT2D eigenvalue weighted by molar-refractivity contribution is 5.14. The number of piperidine rings is 1. The molecule has 1 aromatic rings. The van der Waals surface area contributed by atoms with E-state index < -0.39 is 0 Å². The van der Waals surface area contributed by atoms with Crippen LogP contribution >= 0.6 is 0 Å². The van der Waals surface area contributed by atoms with Crippen LogP contribution in [0.4, 0.5) is 0 Å². The smallest absolute Gasteiger partial charge is 0.0705 e. The molecule has 0 spiro atoms. The van der Waals surface area contributed by atoms with E-state index in [2.05, 4.69) is 34.9 Å². The van der Waals surface area contributed by atoms with E-state index in [4.69, 9.17) is 0 Å². The number of aliphatic hydroxyl groups excluding tert-OH is 1. The largest absolute Gasteiger partial charge is 0.391 e. The third-order valence-electron chi connectivity index (χ3n) is 3.17. The zero-order valence-corrected chi connectivity index (χ0v) is 9.52. The van der Waals surface area contributed by atoms with Crippen molar-refractivity contribution in [2.24, 2.45) is 5.92 Å². The highest BCUT2D eigenvalue weighted by atomic mass is 16.3. The second-order valence-corrected chi connectivity index (χ2v) is 4.44. The Bertz CT molecular complexity index is 302. The number of nitrogens with one attached hydrogen (secondary N) is 2. The van der Waals surface area contributed by atoms with Gasteiger partial charge in [0.15, 0.2) is 0 Å². The van der Waals surface area contributed by atoms with Crippen molar-refractivity contribution in [2.45, 2.75) is 19.1 Å². The van der Waals surface area contributed by atoms with E-state index in [9.17, 15) is 5.11 Å². The molecule has 88 valence electrons. The first kappa shape index (κ1) is 11.6. The van der Waals surface area contributed by atoms with E-state index in [1.54, 1.807) is 0 Å². The predicted octanol–water partition coefficient (Wildman–Crippen LogP) is 0.747. The monoisotopic (exact) mass is 220 g/mol. The number of hydrogen-bond donors (Lipinski definition) is 3. The Balaban J connectivity index is 1.71. The summed E-state index contributed by atoms with van der Waals surface area (Å²) >= 11 is 0. The fourth-order valence-electron chi connectivity index (χ4n) is 2.13. The minimum absolute atomic E-state index is 0.197. The molecule has 3 heteroatoms. The normalized spacial score (nSPS) is 25.6. The van der Waals surface area contributed by atoms with Crippen LogP contribution in [0.25, 0.3) is 0 Å². The van der Waals surface area contributed by atoms with Crippen molar-refractivity contribution < 1.29 is 5.11 Å². The predicted molar refractivity (Wildman–Crippen MR) is 65.1 cm³/mol. The van der Waals surface area contributed by atoms with Gasteiger partial charge in [0.05, 0.1) is 6.10 Å². The molecule has 1 aliphatic rings. The zero-order valence-electron chi connectivity index (χ0n) is 9.52. The van der Waals surface area contributed by atoms with Gasteiger partial charge in [-0.2, -0.15) is 0 Å². The molecule has 0 unspecified atom stereocenters. The zero-order chi connectivity index (χ0) is 11.2. The summed E-state index contributed by atoms with van der Waals surface area (Å²) in [6, 6.07) is 10.4. The van der Waals surface area contributed by atoms with Crippen molar-refractivity contribution in [3.63, 3.8) is 0 Å². The maximum absolute atomic E-state index is 9.76. The molecule has 1 fully saturated rings. The van der Waals surface area contributed by atoms with Crippen LogP contribution in [0, 0.1) is 5.92 Å². The summed E-state index contributed by atoms with van der Waals surface area (Å²) in [5.74, 6) is 0.393. The van der Waals surface area contributed by atoms with E-state index in [-0.39, 0.29) is 6.10 Å². The Kier molecular flexibility index (Phi) is 4.34. The molecule has 1 heterocycles. The van der Waals surface area contributed by atoms with Crippen LogP contribution in [0.2, 0.25) is 0 Å². The minimum atomic E-state index is -0.197. The lowest BCUT2D eigenvalue weighted by Gasteiger charge is -2.28. The maximum atomic E-state index is 9.76. The molecule has 3 N–H and O–H groups in total. The van der Waals surface area contributed by atoms with Gasteiger partial charge in [-0.3, -0.25) is 0 Å². The van der Waals surface area contributed by atoms with Crippen molar-refractivity contribution in [3.8, 4) is 0 Å². The lowest BCUT2D eigenvalue weighted by atomic mass is 9.95. The maximum Gasteiger partial charge on any atom is 0.0705 e. The molecular weight excluding hydrogens is 200 g/mol. The van der Waals surface area contributed by atoms with Crippen molar-refractivity contribution in [3.05, 3.63) is 35.9 Å². The van der Waals surface area contributed by atoms with Crippen LogP contribution in [-0.2, 0) is 6.54 Å². The average molecular weight is 220 g/mol. The van der Waals surface area contributed by atoms with Gasteiger partial charge in [0.25, 0.3) is 0 Å². The second kappa shape index (κ2) is 5.99. The fraction of sp³-hybridized carbons (Fsp3) is 0.538. The highest BCUT2D eigenvalue weighted by Gasteiger charge is 2.21. The molecule has 1 aromatic carbocycles. The van der Waals surface area contributed by atoms with Crippen LogP contribution in [0.3, 0.4) is 0 Å². The Labute approximate surface area is 96.9 Å². The van der Waals surface area contributed by atoms with Crippen molar-refractivity contribution in [2.75, 3.05) is 19.6 Å². The molecule has 0 aliphatic carbocycles. The van der Waals surface area contributed by atoms with Crippen LogP contribution in [0.1, 0.15) is 12.0 Å². The Morgan fingerprint density at radius 3 is 2.88 bits per heavy atom. The number of benzene rings is 1. The van der Waals surface area contributed by atoms with Gasteiger partial charge in [-0.1, -0.05) is 30.3 Å². The van der Waals surface area contributed by atoms with Gasteiger partial charge >= 0.3 is 0 Å². The summed E-state index contributed by atoms with van der Waals surface area (Å²) < 4.78 is 0. The van der Waals surface area contributed by atoms with Gasteiger partial charge in [0.1, 0.15) is 0 Å². The summed E-state index contributed by atoms with van der Waals surface area (Å²) in [5, 5.41) is 16.4. The van der Waals surface area contributed by atoms with Gasteiger partial charge in [0.2, 0.25) is 0 Å². The molecule has 0 aromatic heterocycles. The van der Waals surface area contributed by atoms with Gasteiger partial charge in [-0.05, 0) is 24.4 Å². The first-order chi connectivity index (χ1) is 7.86. The van der Waals surface area contributed by atoms with Crippen LogP contribution < -0.4 is 10.6 Å². The summed E-state index contributed by atoms with van der Waals surface area (Å²) in [7, 11) is 0. The standard InChI is InChI=1S/C13H20N2O/c16-13-10-14-7-6-12(13)9-15-8-11-4-2-1-3-5-11/h1-5,12-16H,6-10H2/t12-,13+/m0/s1. The first-order valence-corrected chi connectivity index (χ1v) is 5.99. The van der Waals surface area contributed by atoms with Crippen molar-refractivity contribution >= 4 is 0 Å². The van der Waals surface area contributed by atoms with Gasteiger partial charge in [-0.25, -0.2) is 0 Å². The Morgan fingerprint density at radius 2 is 2.12 bits per heavy atom. The first-order valence-electron chi connectivity index (χ1n) is 5.99. The van der Waals surface area contributed by atoms with E-state index >= 15 is 0 Å². The number of hydrogen-bond acceptors (Lipinski definition) is 3. The molecular formula is C13H20N2O. The minimum Gasteiger partial charge on any atom is -0.391 e. The molecule has 2 atom stereocenters. The molecule has 0 amide bonds. The summed E-state index contributed by atoms with van der Waals surface area (Å²) in [4.78, 5) is 0. The van der Waals surface area contributed by atoms with Crippen LogP contribution in [0.5, 0.6) is 0 Å². The quantitative estimate of drug-likeness (QED) is 0.701. The fourth-order valence-corrected chi connectivity index (χ4v) is 2.13. The van der Waals surface area contributed by atoms with E-state index in [0.29, 0.717) is 5.92 Å². The third-order valence-corrected chi connectivity index (χ3v) is 3.17. The van der Waals surface area contributed by atoms with Crippen LogP contribution in [-0.4, -0.2) is 30.8 Å². The van der Waals surface area contributed by atoms with Crippen molar-refractivity contribution in [1.82, 2.24) is 10.6 Å². The highest BCUT2D eigenvalue weighted by Crippen LogP contribution is 2.11. The molecule has 0 radical (unpaired) electrons. The lowest BCUT2D eigenvalue weighted by Crippen LogP contribution is -2.44. The SMILES string of the molecule is O[C@@H]1CNCC[C@H]1CNCc1ccccc1. The Hall–Kier alpha value is -0.900. The topological polar surface area (TPSA) is 44.3 Å². The average Bonchev–Trinajstić information content (AvgIpc) is 2.33. The van der Waals surface area contributed by atoms with Crippen LogP contribution in [0.15, 0.2) is 30.3 Å². The Morgan fingerprint density at radius 1 is 1.31 bits per heavy atom. The second-order valence-electron chi connectivity index (χ2n) is 4.44. The number of aliphatic hydroxyl groups is 1. The molecule has 1 aliphatic heterocycles. The molecule has 1 saturated heterocycles. The molecule has 3 nitrogen and oxygen atoms in total. The molecule has 2 rings (SSSR count).